The predicted octanol–water partition coefficient (Wildman–Crippen LogP) is 1.64. The monoisotopic (exact) mass is 267 g/mol. The fourth-order valence-corrected chi connectivity index (χ4v) is 2.11. The molecule has 0 radical (unpaired) electrons. The molecule has 1 aliphatic heterocycles. The van der Waals surface area contributed by atoms with E-state index in [1.54, 1.807) is 6.07 Å². The Hall–Kier alpha value is -1.30. The van der Waals surface area contributed by atoms with Crippen molar-refractivity contribution >= 4 is 0 Å². The number of hydrogen-bond acceptors (Lipinski definition) is 5. The molecule has 1 aromatic rings. The topological polar surface area (TPSA) is 60.0 Å². The van der Waals surface area contributed by atoms with Gasteiger partial charge in [0.05, 0.1) is 19.8 Å². The highest BCUT2D eigenvalue weighted by atomic mass is 16.7. The van der Waals surface area contributed by atoms with Crippen molar-refractivity contribution in [3.05, 3.63) is 23.8 Å². The molecule has 106 valence electrons. The lowest BCUT2D eigenvalue weighted by Gasteiger charge is -2.17. The fourth-order valence-electron chi connectivity index (χ4n) is 2.11. The van der Waals surface area contributed by atoms with Crippen LogP contribution >= 0.6 is 0 Å². The van der Waals surface area contributed by atoms with E-state index in [0.29, 0.717) is 25.4 Å². The summed E-state index contributed by atoms with van der Waals surface area (Å²) in [6.07, 6.45) is 0.0442. The summed E-state index contributed by atoms with van der Waals surface area (Å²) in [6, 6.07) is 5.45. The molecule has 1 saturated heterocycles. The summed E-state index contributed by atoms with van der Waals surface area (Å²) < 4.78 is 16.2. The van der Waals surface area contributed by atoms with Crippen LogP contribution in [0.1, 0.15) is 19.4 Å². The van der Waals surface area contributed by atoms with Gasteiger partial charge in [-0.3, -0.25) is 0 Å². The van der Waals surface area contributed by atoms with Crippen LogP contribution in [0.4, 0.5) is 0 Å². The summed E-state index contributed by atoms with van der Waals surface area (Å²) in [7, 11) is 1.54. The van der Waals surface area contributed by atoms with Crippen LogP contribution in [0, 0.1) is 0 Å². The first-order valence-electron chi connectivity index (χ1n) is 6.39. The van der Waals surface area contributed by atoms with Crippen molar-refractivity contribution in [2.45, 2.75) is 32.3 Å². The summed E-state index contributed by atoms with van der Waals surface area (Å²) in [4.78, 5) is 0. The SMILES string of the molecule is COc1cccc(CNCC2COC(C)(C)O2)c1O. The molecule has 0 amide bonds. The third kappa shape index (κ3) is 3.59. The van der Waals surface area contributed by atoms with Crippen molar-refractivity contribution in [2.24, 2.45) is 0 Å². The third-order valence-electron chi connectivity index (χ3n) is 3.06. The second kappa shape index (κ2) is 5.77. The highest BCUT2D eigenvalue weighted by Gasteiger charge is 2.32. The number of benzene rings is 1. The number of nitrogens with one attached hydrogen (secondary N) is 1. The van der Waals surface area contributed by atoms with Crippen molar-refractivity contribution in [2.75, 3.05) is 20.3 Å². The van der Waals surface area contributed by atoms with Gasteiger partial charge in [-0.2, -0.15) is 0 Å². The third-order valence-corrected chi connectivity index (χ3v) is 3.06. The zero-order valence-corrected chi connectivity index (χ0v) is 11.6. The van der Waals surface area contributed by atoms with Gasteiger partial charge in [0.1, 0.15) is 0 Å². The van der Waals surface area contributed by atoms with Crippen LogP contribution in [0.5, 0.6) is 11.5 Å². The van der Waals surface area contributed by atoms with Gasteiger partial charge < -0.3 is 24.6 Å². The summed E-state index contributed by atoms with van der Waals surface area (Å²) in [5.74, 6) is 0.173. The van der Waals surface area contributed by atoms with Gasteiger partial charge >= 0.3 is 0 Å². The molecule has 0 aromatic heterocycles. The van der Waals surface area contributed by atoms with E-state index in [4.69, 9.17) is 14.2 Å². The van der Waals surface area contributed by atoms with E-state index < -0.39 is 5.79 Å². The number of phenolic OH excluding ortho intramolecular Hbond substituents is 1. The minimum absolute atomic E-state index is 0.0442. The highest BCUT2D eigenvalue weighted by Crippen LogP contribution is 2.29. The van der Waals surface area contributed by atoms with Crippen LogP contribution in [-0.2, 0) is 16.0 Å². The van der Waals surface area contributed by atoms with E-state index in [9.17, 15) is 5.11 Å². The molecule has 1 fully saturated rings. The molecule has 0 spiro atoms. The summed E-state index contributed by atoms with van der Waals surface area (Å²) in [5.41, 5.74) is 0.803. The van der Waals surface area contributed by atoms with Gasteiger partial charge in [0.25, 0.3) is 0 Å². The standard InChI is InChI=1S/C14H21NO4/c1-14(2)18-9-11(19-14)8-15-7-10-5-4-6-12(17-3)13(10)16/h4-6,11,15-16H,7-9H2,1-3H3. The molecule has 1 unspecified atom stereocenters. The predicted molar refractivity (Wildman–Crippen MR) is 71.3 cm³/mol. The number of aromatic hydroxyl groups is 1. The molecule has 1 aliphatic rings. The Morgan fingerprint density at radius 1 is 1.47 bits per heavy atom. The van der Waals surface area contributed by atoms with Gasteiger partial charge in [-0.05, 0) is 19.9 Å². The molecule has 1 heterocycles. The minimum atomic E-state index is -0.496. The largest absolute Gasteiger partial charge is 0.504 e. The Bertz CT molecular complexity index is 433. The van der Waals surface area contributed by atoms with Crippen molar-refractivity contribution in [3.63, 3.8) is 0 Å². The Morgan fingerprint density at radius 3 is 2.89 bits per heavy atom. The molecule has 0 aliphatic carbocycles. The van der Waals surface area contributed by atoms with Crippen molar-refractivity contribution in [3.8, 4) is 11.5 Å². The van der Waals surface area contributed by atoms with Gasteiger partial charge in [0, 0.05) is 18.7 Å². The van der Waals surface area contributed by atoms with Gasteiger partial charge in [0.2, 0.25) is 0 Å². The normalized spacial score (nSPS) is 21.5. The second-order valence-corrected chi connectivity index (χ2v) is 5.05. The number of para-hydroxylation sites is 1. The lowest BCUT2D eigenvalue weighted by molar-refractivity contribution is -0.137. The molecule has 2 rings (SSSR count). The number of rotatable bonds is 5. The van der Waals surface area contributed by atoms with E-state index >= 15 is 0 Å². The van der Waals surface area contributed by atoms with Crippen LogP contribution in [0.25, 0.3) is 0 Å². The molecule has 1 aromatic carbocycles. The molecule has 19 heavy (non-hydrogen) atoms. The zero-order chi connectivity index (χ0) is 13.9. The Kier molecular flexibility index (Phi) is 4.29. The van der Waals surface area contributed by atoms with E-state index in [-0.39, 0.29) is 11.9 Å². The number of hydrogen-bond donors (Lipinski definition) is 2. The van der Waals surface area contributed by atoms with E-state index in [2.05, 4.69) is 5.32 Å². The average Bonchev–Trinajstić information content (AvgIpc) is 2.71. The summed E-state index contributed by atoms with van der Waals surface area (Å²) >= 11 is 0. The first-order chi connectivity index (χ1) is 9.02. The van der Waals surface area contributed by atoms with E-state index in [1.807, 2.05) is 26.0 Å². The average molecular weight is 267 g/mol. The molecule has 2 N–H and O–H groups in total. The van der Waals surface area contributed by atoms with Gasteiger partial charge in [-0.25, -0.2) is 0 Å². The number of ether oxygens (including phenoxy) is 3. The second-order valence-electron chi connectivity index (χ2n) is 5.05. The quantitative estimate of drug-likeness (QED) is 0.849. The molecular weight excluding hydrogens is 246 g/mol. The van der Waals surface area contributed by atoms with Crippen LogP contribution < -0.4 is 10.1 Å². The lowest BCUT2D eigenvalue weighted by Crippen LogP contribution is -2.30. The van der Waals surface area contributed by atoms with Crippen LogP contribution in [0.3, 0.4) is 0 Å². The van der Waals surface area contributed by atoms with Gasteiger partial charge in [-0.1, -0.05) is 12.1 Å². The molecule has 5 nitrogen and oxygen atoms in total. The fraction of sp³-hybridized carbons (Fsp3) is 0.571. The van der Waals surface area contributed by atoms with E-state index in [0.717, 1.165) is 5.56 Å². The maximum Gasteiger partial charge on any atom is 0.163 e. The first-order valence-corrected chi connectivity index (χ1v) is 6.39. The van der Waals surface area contributed by atoms with Gasteiger partial charge in [0.15, 0.2) is 17.3 Å². The van der Waals surface area contributed by atoms with Crippen molar-refractivity contribution in [1.82, 2.24) is 5.32 Å². The van der Waals surface area contributed by atoms with Crippen LogP contribution in [0.15, 0.2) is 18.2 Å². The smallest absolute Gasteiger partial charge is 0.163 e. The summed E-state index contributed by atoms with van der Waals surface area (Å²) in [6.45, 7) is 5.63. The maximum atomic E-state index is 9.94. The van der Waals surface area contributed by atoms with Gasteiger partial charge in [-0.15, -0.1) is 0 Å². The highest BCUT2D eigenvalue weighted by molar-refractivity contribution is 5.45. The zero-order valence-electron chi connectivity index (χ0n) is 11.6. The van der Waals surface area contributed by atoms with Crippen LogP contribution in [0.2, 0.25) is 0 Å². The Balaban J connectivity index is 1.83. The Labute approximate surface area is 113 Å². The minimum Gasteiger partial charge on any atom is -0.504 e. The first kappa shape index (κ1) is 14.1. The van der Waals surface area contributed by atoms with Crippen molar-refractivity contribution < 1.29 is 19.3 Å². The molecule has 5 heteroatoms. The molecular formula is C14H21NO4. The van der Waals surface area contributed by atoms with E-state index in [1.165, 1.54) is 7.11 Å². The van der Waals surface area contributed by atoms with Crippen LogP contribution in [-0.4, -0.2) is 37.3 Å². The maximum absolute atomic E-state index is 9.94. The summed E-state index contributed by atoms with van der Waals surface area (Å²) in [5, 5.41) is 13.2. The number of phenols is 1. The molecule has 0 saturated carbocycles. The van der Waals surface area contributed by atoms with Crippen molar-refractivity contribution in [1.29, 1.82) is 0 Å². The lowest BCUT2D eigenvalue weighted by atomic mass is 10.2. The Morgan fingerprint density at radius 2 is 2.26 bits per heavy atom. The molecule has 0 bridgehead atoms. The number of methoxy groups -OCH3 is 1. The molecule has 1 atom stereocenters.